The van der Waals surface area contributed by atoms with Crippen molar-refractivity contribution in [3.63, 3.8) is 0 Å². The molecule has 0 radical (unpaired) electrons. The van der Waals surface area contributed by atoms with Gasteiger partial charge in [-0.2, -0.15) is 0 Å². The van der Waals surface area contributed by atoms with Crippen LogP contribution in [0.3, 0.4) is 0 Å². The minimum atomic E-state index is 0.0385. The van der Waals surface area contributed by atoms with E-state index >= 15 is 0 Å². The van der Waals surface area contributed by atoms with E-state index in [0.29, 0.717) is 0 Å². The van der Waals surface area contributed by atoms with E-state index in [1.54, 1.807) is 4.90 Å². The first-order valence-electron chi connectivity index (χ1n) is 8.92. The highest BCUT2D eigenvalue weighted by molar-refractivity contribution is 8.18. The zero-order valence-corrected chi connectivity index (χ0v) is 16.5. The summed E-state index contributed by atoms with van der Waals surface area (Å²) in [6, 6.07) is 18.8. The van der Waals surface area contributed by atoms with Gasteiger partial charge in [-0.1, -0.05) is 54.6 Å². The maximum Gasteiger partial charge on any atom is 0.266 e. The number of carbonyl (C=O) groups is 1. The molecule has 0 aromatic heterocycles. The summed E-state index contributed by atoms with van der Waals surface area (Å²) in [6.07, 6.45) is 1.96. The highest BCUT2D eigenvalue weighted by atomic mass is 32.2. The summed E-state index contributed by atoms with van der Waals surface area (Å²) >= 11 is 1.47. The molecule has 0 aliphatic carbocycles. The van der Waals surface area contributed by atoms with Crippen LogP contribution in [0.25, 0.3) is 17.2 Å². The predicted molar refractivity (Wildman–Crippen MR) is 112 cm³/mol. The predicted octanol–water partition coefficient (Wildman–Crippen LogP) is 5.44. The molecule has 3 nitrogen and oxygen atoms in total. The van der Waals surface area contributed by atoms with Crippen molar-refractivity contribution in [2.75, 3.05) is 0 Å². The molecule has 3 rings (SSSR count). The van der Waals surface area contributed by atoms with Crippen molar-refractivity contribution in [1.82, 2.24) is 4.90 Å². The fourth-order valence-electron chi connectivity index (χ4n) is 2.81. The zero-order chi connectivity index (χ0) is 18.7. The Hall–Kier alpha value is -2.33. The molecular weight excluding hydrogens is 340 g/mol. The molecule has 1 saturated heterocycles. The van der Waals surface area contributed by atoms with Crippen molar-refractivity contribution in [2.45, 2.75) is 39.8 Å². The molecular formula is C22H24N2OS. The summed E-state index contributed by atoms with van der Waals surface area (Å²) in [5.41, 5.74) is 3.38. The van der Waals surface area contributed by atoms with Crippen molar-refractivity contribution in [1.29, 1.82) is 0 Å². The molecule has 1 heterocycles. The summed E-state index contributed by atoms with van der Waals surface area (Å²) < 4.78 is 0. The number of amidine groups is 1. The van der Waals surface area contributed by atoms with Crippen LogP contribution in [0.15, 0.2) is 64.5 Å². The van der Waals surface area contributed by atoms with E-state index in [9.17, 15) is 4.79 Å². The van der Waals surface area contributed by atoms with Crippen LogP contribution in [0.4, 0.5) is 0 Å². The second kappa shape index (κ2) is 7.92. The number of nitrogens with zero attached hydrogens (tertiary/aromatic N) is 2. The summed E-state index contributed by atoms with van der Waals surface area (Å²) in [5, 5.41) is 0.798. The molecule has 0 saturated carbocycles. The lowest BCUT2D eigenvalue weighted by Crippen LogP contribution is -2.35. The average Bonchev–Trinajstić information content (AvgIpc) is 2.91. The number of amides is 1. The summed E-state index contributed by atoms with van der Waals surface area (Å²) in [7, 11) is 0. The molecule has 1 amide bonds. The summed E-state index contributed by atoms with van der Waals surface area (Å²) in [4.78, 5) is 19.9. The number of thioether (sulfide) groups is 1. The SMILES string of the molecule is CC(C)N=C1S/C(=C/c2ccc(-c3ccccc3)cc2)C(=O)N1C(C)C. The van der Waals surface area contributed by atoms with E-state index in [-0.39, 0.29) is 18.0 Å². The number of rotatable bonds is 4. The molecule has 1 aliphatic rings. The van der Waals surface area contributed by atoms with Crippen molar-refractivity contribution in [3.8, 4) is 11.1 Å². The Bertz CT molecular complexity index is 836. The third kappa shape index (κ3) is 4.07. The number of aliphatic imine (C=N–C) groups is 1. The van der Waals surface area contributed by atoms with Crippen molar-refractivity contribution in [3.05, 3.63) is 65.1 Å². The van der Waals surface area contributed by atoms with Gasteiger partial charge in [-0.15, -0.1) is 0 Å². The molecule has 0 N–H and O–H groups in total. The lowest BCUT2D eigenvalue weighted by atomic mass is 10.0. The summed E-state index contributed by atoms with van der Waals surface area (Å²) in [6.45, 7) is 8.10. The van der Waals surface area contributed by atoms with Crippen LogP contribution in [0.2, 0.25) is 0 Å². The Morgan fingerprint density at radius 3 is 2.12 bits per heavy atom. The molecule has 134 valence electrons. The monoisotopic (exact) mass is 364 g/mol. The van der Waals surface area contributed by atoms with Crippen LogP contribution in [0.5, 0.6) is 0 Å². The lowest BCUT2D eigenvalue weighted by molar-refractivity contribution is -0.123. The van der Waals surface area contributed by atoms with Gasteiger partial charge in [-0.25, -0.2) is 0 Å². The lowest BCUT2D eigenvalue weighted by Gasteiger charge is -2.20. The van der Waals surface area contributed by atoms with E-state index in [1.807, 2.05) is 52.0 Å². The maximum atomic E-state index is 12.8. The van der Waals surface area contributed by atoms with Gasteiger partial charge in [0.2, 0.25) is 0 Å². The molecule has 26 heavy (non-hydrogen) atoms. The highest BCUT2D eigenvalue weighted by Gasteiger charge is 2.35. The van der Waals surface area contributed by atoms with E-state index in [4.69, 9.17) is 0 Å². The van der Waals surface area contributed by atoms with Gasteiger partial charge in [0.1, 0.15) is 0 Å². The molecule has 0 bridgehead atoms. The Labute approximate surface area is 159 Å². The standard InChI is InChI=1S/C22H24N2OS/c1-15(2)23-22-24(16(3)4)21(25)20(26-22)14-17-10-12-19(13-11-17)18-8-6-5-7-9-18/h5-16H,1-4H3/b20-14+,23-22?. The molecule has 4 heteroatoms. The third-order valence-electron chi connectivity index (χ3n) is 4.04. The second-order valence-corrected chi connectivity index (χ2v) is 7.88. The van der Waals surface area contributed by atoms with Crippen LogP contribution in [-0.2, 0) is 4.79 Å². The van der Waals surface area contributed by atoms with Gasteiger partial charge in [0.15, 0.2) is 5.17 Å². The first kappa shape index (κ1) is 18.5. The number of benzene rings is 2. The quantitative estimate of drug-likeness (QED) is 0.677. The number of hydrogen-bond acceptors (Lipinski definition) is 3. The van der Waals surface area contributed by atoms with E-state index in [1.165, 1.54) is 22.9 Å². The minimum Gasteiger partial charge on any atom is -0.284 e. The van der Waals surface area contributed by atoms with E-state index in [2.05, 4.69) is 41.4 Å². The maximum absolute atomic E-state index is 12.8. The topological polar surface area (TPSA) is 32.7 Å². The Kier molecular flexibility index (Phi) is 5.62. The smallest absolute Gasteiger partial charge is 0.266 e. The van der Waals surface area contributed by atoms with Crippen molar-refractivity contribution in [2.24, 2.45) is 4.99 Å². The van der Waals surface area contributed by atoms with Gasteiger partial charge in [0.05, 0.1) is 4.91 Å². The fourth-order valence-corrected chi connectivity index (χ4v) is 4.04. The number of hydrogen-bond donors (Lipinski definition) is 0. The van der Waals surface area contributed by atoms with Gasteiger partial charge in [-0.05, 0) is 62.2 Å². The first-order chi connectivity index (χ1) is 12.5. The molecule has 1 aliphatic heterocycles. The largest absolute Gasteiger partial charge is 0.284 e. The van der Waals surface area contributed by atoms with Crippen molar-refractivity contribution < 1.29 is 4.79 Å². The van der Waals surface area contributed by atoms with Crippen molar-refractivity contribution >= 4 is 28.9 Å². The van der Waals surface area contributed by atoms with E-state index < -0.39 is 0 Å². The first-order valence-corrected chi connectivity index (χ1v) is 9.73. The van der Waals surface area contributed by atoms with Crippen LogP contribution in [0, 0.1) is 0 Å². The Morgan fingerprint density at radius 2 is 1.54 bits per heavy atom. The van der Waals surface area contributed by atoms with Crippen LogP contribution < -0.4 is 0 Å². The number of carbonyl (C=O) groups excluding carboxylic acids is 1. The highest BCUT2D eigenvalue weighted by Crippen LogP contribution is 2.34. The molecule has 0 unspecified atom stereocenters. The molecule has 2 aromatic carbocycles. The minimum absolute atomic E-state index is 0.0385. The van der Waals surface area contributed by atoms with Gasteiger partial charge >= 0.3 is 0 Å². The molecule has 2 aromatic rings. The Morgan fingerprint density at radius 1 is 0.923 bits per heavy atom. The molecule has 1 fully saturated rings. The normalized spacial score (nSPS) is 17.9. The third-order valence-corrected chi connectivity index (χ3v) is 5.03. The van der Waals surface area contributed by atoms with Gasteiger partial charge in [0, 0.05) is 12.1 Å². The summed E-state index contributed by atoms with van der Waals surface area (Å²) in [5.74, 6) is 0.0385. The van der Waals surface area contributed by atoms with Crippen LogP contribution in [0.1, 0.15) is 33.3 Å². The van der Waals surface area contributed by atoms with E-state index in [0.717, 1.165) is 15.6 Å². The van der Waals surface area contributed by atoms with Gasteiger partial charge < -0.3 is 0 Å². The van der Waals surface area contributed by atoms with Gasteiger partial charge in [0.25, 0.3) is 5.91 Å². The molecule has 0 atom stereocenters. The zero-order valence-electron chi connectivity index (χ0n) is 15.6. The fraction of sp³-hybridized carbons (Fsp3) is 0.273. The van der Waals surface area contributed by atoms with Crippen LogP contribution in [-0.4, -0.2) is 28.1 Å². The molecule has 0 spiro atoms. The Balaban J connectivity index is 1.86. The van der Waals surface area contributed by atoms with Crippen LogP contribution >= 0.6 is 11.8 Å². The second-order valence-electron chi connectivity index (χ2n) is 6.87. The van der Waals surface area contributed by atoms with Gasteiger partial charge in [-0.3, -0.25) is 14.7 Å². The average molecular weight is 365 g/mol.